The van der Waals surface area contributed by atoms with Crippen molar-refractivity contribution in [3.63, 3.8) is 0 Å². The molecule has 0 saturated carbocycles. The standard InChI is InChI=1S/C20H42O7S.Na/c1-3-5-6-7-8-9-10-11-12-13-14-24-15-16-25-17-18-26-19-20(4-2)27-28(21,22)23;/h20H,3-19H2,1-2H3,(H,21,22,23);/q;+1/p-1. The van der Waals surface area contributed by atoms with Gasteiger partial charge in [0, 0.05) is 6.61 Å². The Hall–Kier alpha value is 0.750. The van der Waals surface area contributed by atoms with E-state index in [1.165, 1.54) is 57.8 Å². The van der Waals surface area contributed by atoms with Gasteiger partial charge in [0.1, 0.15) is 0 Å². The normalized spacial score (nSPS) is 12.7. The molecule has 0 N–H and O–H groups in total. The van der Waals surface area contributed by atoms with Crippen molar-refractivity contribution in [3.05, 3.63) is 0 Å². The minimum atomic E-state index is -4.69. The molecular weight excluding hydrogens is 407 g/mol. The van der Waals surface area contributed by atoms with Crippen LogP contribution in [0, 0.1) is 0 Å². The molecule has 0 aliphatic rings. The monoisotopic (exact) mass is 448 g/mol. The van der Waals surface area contributed by atoms with Gasteiger partial charge in [0.25, 0.3) is 0 Å². The van der Waals surface area contributed by atoms with Crippen molar-refractivity contribution in [1.29, 1.82) is 0 Å². The van der Waals surface area contributed by atoms with Gasteiger partial charge >= 0.3 is 29.6 Å². The number of rotatable bonds is 22. The van der Waals surface area contributed by atoms with Crippen molar-refractivity contribution in [2.75, 3.05) is 39.6 Å². The summed E-state index contributed by atoms with van der Waals surface area (Å²) in [4.78, 5) is 0. The second-order valence-electron chi connectivity index (χ2n) is 7.02. The summed E-state index contributed by atoms with van der Waals surface area (Å²) in [6, 6.07) is 0. The van der Waals surface area contributed by atoms with E-state index in [4.69, 9.17) is 14.2 Å². The summed E-state index contributed by atoms with van der Waals surface area (Å²) >= 11 is 0. The summed E-state index contributed by atoms with van der Waals surface area (Å²) in [6.45, 7) is 6.57. The zero-order valence-electron chi connectivity index (χ0n) is 18.9. The van der Waals surface area contributed by atoms with Crippen molar-refractivity contribution in [1.82, 2.24) is 0 Å². The van der Waals surface area contributed by atoms with Crippen molar-refractivity contribution in [2.24, 2.45) is 0 Å². The summed E-state index contributed by atoms with van der Waals surface area (Å²) in [5.74, 6) is 0. The Morgan fingerprint density at radius 3 is 1.62 bits per heavy atom. The Kier molecular flexibility index (Phi) is 25.8. The molecule has 7 nitrogen and oxygen atoms in total. The van der Waals surface area contributed by atoms with Crippen molar-refractivity contribution < 1.29 is 60.9 Å². The molecular formula is C20H41NaO7S. The molecule has 0 spiro atoms. The first-order valence-electron chi connectivity index (χ1n) is 10.9. The Balaban J connectivity index is 0. The van der Waals surface area contributed by atoms with Gasteiger partial charge in [0.2, 0.25) is 10.4 Å². The molecule has 29 heavy (non-hydrogen) atoms. The van der Waals surface area contributed by atoms with Gasteiger partial charge in [-0.25, -0.2) is 8.42 Å². The van der Waals surface area contributed by atoms with Gasteiger partial charge < -0.3 is 18.8 Å². The summed E-state index contributed by atoms with van der Waals surface area (Å²) in [6.07, 6.45) is 12.8. The van der Waals surface area contributed by atoms with Crippen LogP contribution >= 0.6 is 0 Å². The zero-order chi connectivity index (χ0) is 20.9. The number of ether oxygens (including phenoxy) is 3. The van der Waals surface area contributed by atoms with Crippen molar-refractivity contribution in [2.45, 2.75) is 90.6 Å². The van der Waals surface area contributed by atoms with E-state index in [0.29, 0.717) is 32.8 Å². The average molecular weight is 449 g/mol. The smallest absolute Gasteiger partial charge is 0.726 e. The summed E-state index contributed by atoms with van der Waals surface area (Å²) in [7, 11) is -4.69. The van der Waals surface area contributed by atoms with Gasteiger partial charge in [0.05, 0.1) is 39.1 Å². The third kappa shape index (κ3) is 26.7. The van der Waals surface area contributed by atoms with Gasteiger partial charge in [-0.15, -0.1) is 0 Å². The van der Waals surface area contributed by atoms with E-state index in [-0.39, 0.29) is 36.2 Å². The molecule has 170 valence electrons. The topological polar surface area (TPSA) is 94.1 Å². The Labute approximate surface area is 200 Å². The fraction of sp³-hybridized carbons (Fsp3) is 1.00. The maximum Gasteiger partial charge on any atom is 1.00 e. The summed E-state index contributed by atoms with van der Waals surface area (Å²) in [5.41, 5.74) is 0. The van der Waals surface area contributed by atoms with Crippen LogP contribution in [-0.4, -0.2) is 58.7 Å². The van der Waals surface area contributed by atoms with Gasteiger partial charge in [-0.3, -0.25) is 4.18 Å². The predicted molar refractivity (Wildman–Crippen MR) is 109 cm³/mol. The van der Waals surface area contributed by atoms with E-state index < -0.39 is 16.5 Å². The third-order valence-electron chi connectivity index (χ3n) is 4.40. The van der Waals surface area contributed by atoms with Gasteiger partial charge in [-0.1, -0.05) is 71.6 Å². The molecule has 0 aliphatic carbocycles. The van der Waals surface area contributed by atoms with Crippen molar-refractivity contribution in [3.8, 4) is 0 Å². The van der Waals surface area contributed by atoms with Gasteiger partial charge in [0.15, 0.2) is 0 Å². The largest absolute Gasteiger partial charge is 1.00 e. The first kappa shape index (κ1) is 31.9. The predicted octanol–water partition coefficient (Wildman–Crippen LogP) is 1.22. The third-order valence-corrected chi connectivity index (χ3v) is 4.91. The first-order valence-corrected chi connectivity index (χ1v) is 12.2. The Bertz CT molecular complexity index is 421. The minimum absolute atomic E-state index is 0. The van der Waals surface area contributed by atoms with E-state index in [0.717, 1.165) is 13.0 Å². The minimum Gasteiger partial charge on any atom is -0.726 e. The van der Waals surface area contributed by atoms with Gasteiger partial charge in [-0.2, -0.15) is 0 Å². The molecule has 0 amide bonds. The molecule has 0 aromatic heterocycles. The molecule has 0 aromatic carbocycles. The fourth-order valence-electron chi connectivity index (χ4n) is 2.73. The summed E-state index contributed by atoms with van der Waals surface area (Å²) in [5, 5.41) is 0. The second kappa shape index (κ2) is 23.4. The molecule has 0 bridgehead atoms. The van der Waals surface area contributed by atoms with Crippen LogP contribution in [0.2, 0.25) is 0 Å². The van der Waals surface area contributed by atoms with Crippen LogP contribution in [0.25, 0.3) is 0 Å². The van der Waals surface area contributed by atoms with Gasteiger partial charge in [-0.05, 0) is 12.8 Å². The van der Waals surface area contributed by atoms with Crippen LogP contribution in [-0.2, 0) is 28.8 Å². The van der Waals surface area contributed by atoms with Crippen LogP contribution in [0.1, 0.15) is 84.5 Å². The Morgan fingerprint density at radius 2 is 1.14 bits per heavy atom. The van der Waals surface area contributed by atoms with E-state index in [9.17, 15) is 13.0 Å². The van der Waals surface area contributed by atoms with Crippen LogP contribution in [0.15, 0.2) is 0 Å². The number of unbranched alkanes of at least 4 members (excludes halogenated alkanes) is 9. The first-order chi connectivity index (χ1) is 13.5. The number of hydrogen-bond donors (Lipinski definition) is 0. The molecule has 0 aliphatic heterocycles. The molecule has 0 fully saturated rings. The zero-order valence-corrected chi connectivity index (χ0v) is 21.7. The maximum absolute atomic E-state index is 10.5. The molecule has 0 aromatic rings. The Morgan fingerprint density at radius 1 is 0.690 bits per heavy atom. The quantitative estimate of drug-likeness (QED) is 0.106. The van der Waals surface area contributed by atoms with Crippen molar-refractivity contribution >= 4 is 10.4 Å². The SMILES string of the molecule is CCCCCCCCCCCCOCCOCCOCC(CC)OS(=O)(=O)[O-].[Na+]. The molecule has 0 saturated heterocycles. The molecule has 1 unspecified atom stereocenters. The molecule has 9 heteroatoms. The maximum atomic E-state index is 10.5. The van der Waals surface area contributed by atoms with E-state index >= 15 is 0 Å². The van der Waals surface area contributed by atoms with E-state index in [1.807, 2.05) is 0 Å². The number of hydrogen-bond acceptors (Lipinski definition) is 7. The summed E-state index contributed by atoms with van der Waals surface area (Å²) < 4.78 is 52.1. The second-order valence-corrected chi connectivity index (χ2v) is 8.03. The van der Waals surface area contributed by atoms with Crippen LogP contribution in [0.4, 0.5) is 0 Å². The fourth-order valence-corrected chi connectivity index (χ4v) is 3.25. The van der Waals surface area contributed by atoms with E-state index in [1.54, 1.807) is 6.92 Å². The van der Waals surface area contributed by atoms with Crippen LogP contribution < -0.4 is 29.6 Å². The van der Waals surface area contributed by atoms with Crippen LogP contribution in [0.3, 0.4) is 0 Å². The van der Waals surface area contributed by atoms with E-state index in [2.05, 4.69) is 11.1 Å². The molecule has 0 radical (unpaired) electrons. The average Bonchev–Trinajstić information content (AvgIpc) is 2.65. The molecule has 0 heterocycles. The van der Waals surface area contributed by atoms with Crippen LogP contribution in [0.5, 0.6) is 0 Å². The molecule has 1 atom stereocenters. The molecule has 0 rings (SSSR count).